The average Bonchev–Trinajstić information content (AvgIpc) is 3.24. The van der Waals surface area contributed by atoms with Gasteiger partial charge in [-0.05, 0) is 74.8 Å². The summed E-state index contributed by atoms with van der Waals surface area (Å²) in [5, 5.41) is 16.3. The lowest BCUT2D eigenvalue weighted by Gasteiger charge is -2.33. The van der Waals surface area contributed by atoms with Crippen LogP contribution in [0.5, 0.6) is 0 Å². The van der Waals surface area contributed by atoms with E-state index in [9.17, 15) is 4.79 Å². The first-order valence-corrected chi connectivity index (χ1v) is 11.7. The van der Waals surface area contributed by atoms with Crippen LogP contribution in [0.3, 0.4) is 0 Å². The van der Waals surface area contributed by atoms with E-state index in [1.165, 1.54) is 24.8 Å². The number of H-pyrrole nitrogens is 1. The van der Waals surface area contributed by atoms with Crippen LogP contribution in [0.4, 0.5) is 0 Å². The van der Waals surface area contributed by atoms with Crippen LogP contribution in [0.15, 0.2) is 30.5 Å². The number of hydrogen-bond acceptors (Lipinski definition) is 5. The van der Waals surface area contributed by atoms with Crippen LogP contribution in [0.1, 0.15) is 82.5 Å². The van der Waals surface area contributed by atoms with E-state index < -0.39 is 0 Å². The maximum atomic E-state index is 13.5. The molecule has 0 spiro atoms. The number of carbonyl (C=O) groups is 1. The van der Waals surface area contributed by atoms with Gasteiger partial charge in [-0.25, -0.2) is 4.98 Å². The van der Waals surface area contributed by atoms with Crippen molar-refractivity contribution in [3.63, 3.8) is 0 Å². The molecular weight excluding hydrogens is 412 g/mol. The number of pyridine rings is 1. The third-order valence-electron chi connectivity index (χ3n) is 7.13. The number of likely N-dealkylation sites (tertiary alicyclic amines) is 1. The number of nitriles is 1. The van der Waals surface area contributed by atoms with E-state index in [2.05, 4.69) is 32.3 Å². The summed E-state index contributed by atoms with van der Waals surface area (Å²) in [4.78, 5) is 24.5. The van der Waals surface area contributed by atoms with Crippen molar-refractivity contribution in [1.29, 1.82) is 5.26 Å². The Kier molecular flexibility index (Phi) is 5.67. The number of hydrogen-bond donors (Lipinski definition) is 1. The molecule has 0 unspecified atom stereocenters. The molecular formula is C26H28N6O. The van der Waals surface area contributed by atoms with Crippen molar-refractivity contribution in [1.82, 2.24) is 25.1 Å². The van der Waals surface area contributed by atoms with Crippen molar-refractivity contribution in [2.24, 2.45) is 0 Å². The van der Waals surface area contributed by atoms with Crippen LogP contribution in [0.25, 0.3) is 11.4 Å². The van der Waals surface area contributed by atoms with Gasteiger partial charge in [0.05, 0.1) is 5.56 Å². The highest BCUT2D eigenvalue weighted by Gasteiger charge is 2.29. The van der Waals surface area contributed by atoms with Gasteiger partial charge in [0, 0.05) is 42.0 Å². The summed E-state index contributed by atoms with van der Waals surface area (Å²) in [6.45, 7) is 5.33. The molecule has 2 fully saturated rings. The minimum atomic E-state index is 0.0763. The largest absolute Gasteiger partial charge is 0.339 e. The SMILES string of the molecule is Cc1nc(-c2cc(C(=O)N3CCC(c4ccc(C#N)cn4)CC3)c(C)cc2C2CCC2)n[nH]1. The standard InChI is InChI=1S/C26H28N6O/c1-16-12-22(19-4-3-5-19)23(25-29-17(2)30-31-25)13-21(16)26(33)32-10-8-20(9-11-32)24-7-6-18(14-27)15-28-24/h6-7,12-13,15,19-20H,3-5,8-11H2,1-2H3,(H,29,30,31). The molecule has 7 heteroatoms. The Labute approximate surface area is 193 Å². The van der Waals surface area contributed by atoms with Gasteiger partial charge in [-0.1, -0.05) is 12.5 Å². The molecule has 1 aliphatic heterocycles. The number of nitrogens with one attached hydrogen (secondary N) is 1. The molecule has 3 heterocycles. The Morgan fingerprint density at radius 3 is 2.48 bits per heavy atom. The molecule has 33 heavy (non-hydrogen) atoms. The summed E-state index contributed by atoms with van der Waals surface area (Å²) < 4.78 is 0. The maximum Gasteiger partial charge on any atom is 0.254 e. The molecule has 2 aromatic heterocycles. The number of carbonyl (C=O) groups excluding carboxylic acids is 1. The summed E-state index contributed by atoms with van der Waals surface area (Å²) in [7, 11) is 0. The second-order valence-corrected chi connectivity index (χ2v) is 9.28. The molecule has 1 amide bonds. The van der Waals surface area contributed by atoms with Gasteiger partial charge in [0.25, 0.3) is 5.91 Å². The third-order valence-corrected chi connectivity index (χ3v) is 7.13. The first-order valence-electron chi connectivity index (χ1n) is 11.7. The first-order chi connectivity index (χ1) is 16.0. The van der Waals surface area contributed by atoms with Gasteiger partial charge in [0.2, 0.25) is 0 Å². The summed E-state index contributed by atoms with van der Waals surface area (Å²) in [5.41, 5.74) is 5.59. The molecule has 1 N–H and O–H groups in total. The second-order valence-electron chi connectivity index (χ2n) is 9.28. The number of piperidine rings is 1. The number of amides is 1. The van der Waals surface area contributed by atoms with Crippen LogP contribution in [-0.2, 0) is 0 Å². The van der Waals surface area contributed by atoms with E-state index in [0.29, 0.717) is 36.3 Å². The first kappa shape index (κ1) is 21.3. The zero-order valence-electron chi connectivity index (χ0n) is 19.1. The molecule has 0 radical (unpaired) electrons. The topological polar surface area (TPSA) is 98.6 Å². The molecule has 1 aliphatic carbocycles. The Balaban J connectivity index is 1.36. The fourth-order valence-corrected chi connectivity index (χ4v) is 4.94. The van der Waals surface area contributed by atoms with Crippen LogP contribution in [0, 0.1) is 25.2 Å². The van der Waals surface area contributed by atoms with Crippen molar-refractivity contribution >= 4 is 5.91 Å². The lowest BCUT2D eigenvalue weighted by molar-refractivity contribution is 0.0711. The molecule has 168 valence electrons. The van der Waals surface area contributed by atoms with Crippen molar-refractivity contribution in [2.45, 2.75) is 57.8 Å². The average molecular weight is 441 g/mol. The molecule has 0 atom stereocenters. The van der Waals surface area contributed by atoms with E-state index in [-0.39, 0.29) is 5.91 Å². The van der Waals surface area contributed by atoms with Crippen LogP contribution in [-0.4, -0.2) is 44.1 Å². The lowest BCUT2D eigenvalue weighted by Crippen LogP contribution is -2.38. The highest BCUT2D eigenvalue weighted by molar-refractivity contribution is 5.97. The number of aryl methyl sites for hydroxylation is 2. The maximum absolute atomic E-state index is 13.5. The van der Waals surface area contributed by atoms with E-state index in [0.717, 1.165) is 41.1 Å². The third kappa shape index (κ3) is 4.13. The number of nitrogens with zero attached hydrogens (tertiary/aromatic N) is 5. The summed E-state index contributed by atoms with van der Waals surface area (Å²) in [6.07, 6.45) is 6.99. The van der Waals surface area contributed by atoms with Crippen LogP contribution in [0.2, 0.25) is 0 Å². The predicted octanol–water partition coefficient (Wildman–Crippen LogP) is 4.64. The van der Waals surface area contributed by atoms with Gasteiger partial charge in [0.15, 0.2) is 5.82 Å². The molecule has 5 rings (SSSR count). The van der Waals surface area contributed by atoms with E-state index in [4.69, 9.17) is 5.26 Å². The quantitative estimate of drug-likeness (QED) is 0.637. The lowest BCUT2D eigenvalue weighted by atomic mass is 9.77. The fraction of sp³-hybridized carbons (Fsp3) is 0.423. The van der Waals surface area contributed by atoms with Gasteiger partial charge in [-0.15, -0.1) is 0 Å². The zero-order chi connectivity index (χ0) is 22.9. The second kappa shape index (κ2) is 8.78. The summed E-state index contributed by atoms with van der Waals surface area (Å²) in [6, 6.07) is 10.1. The van der Waals surface area contributed by atoms with Crippen LogP contribution >= 0.6 is 0 Å². The van der Waals surface area contributed by atoms with Crippen molar-refractivity contribution < 1.29 is 4.79 Å². The number of rotatable bonds is 4. The monoisotopic (exact) mass is 440 g/mol. The van der Waals surface area contributed by atoms with E-state index in [1.807, 2.05) is 36.9 Å². The Hall–Kier alpha value is -3.53. The minimum absolute atomic E-state index is 0.0763. The molecule has 7 nitrogen and oxygen atoms in total. The minimum Gasteiger partial charge on any atom is -0.339 e. The normalized spacial score (nSPS) is 16.9. The van der Waals surface area contributed by atoms with Crippen molar-refractivity contribution in [3.8, 4) is 17.5 Å². The Morgan fingerprint density at radius 1 is 1.12 bits per heavy atom. The molecule has 1 aromatic carbocycles. The van der Waals surface area contributed by atoms with Crippen molar-refractivity contribution in [2.75, 3.05) is 13.1 Å². The van der Waals surface area contributed by atoms with Gasteiger partial charge in [-0.3, -0.25) is 14.9 Å². The molecule has 0 bridgehead atoms. The van der Waals surface area contributed by atoms with Gasteiger partial charge < -0.3 is 4.90 Å². The zero-order valence-corrected chi connectivity index (χ0v) is 19.1. The van der Waals surface area contributed by atoms with Gasteiger partial charge >= 0.3 is 0 Å². The smallest absolute Gasteiger partial charge is 0.254 e. The van der Waals surface area contributed by atoms with Gasteiger partial charge in [0.1, 0.15) is 11.9 Å². The summed E-state index contributed by atoms with van der Waals surface area (Å²) >= 11 is 0. The van der Waals surface area contributed by atoms with Crippen LogP contribution < -0.4 is 0 Å². The predicted molar refractivity (Wildman–Crippen MR) is 125 cm³/mol. The van der Waals surface area contributed by atoms with E-state index in [1.54, 1.807) is 6.20 Å². The van der Waals surface area contributed by atoms with Crippen molar-refractivity contribution in [3.05, 3.63) is 64.2 Å². The Morgan fingerprint density at radius 2 is 1.91 bits per heavy atom. The van der Waals surface area contributed by atoms with E-state index >= 15 is 0 Å². The van der Waals surface area contributed by atoms with Gasteiger partial charge in [-0.2, -0.15) is 10.4 Å². The molecule has 3 aromatic rings. The molecule has 2 aliphatic rings. The molecule has 1 saturated heterocycles. The highest BCUT2D eigenvalue weighted by Crippen LogP contribution is 2.42. The molecule has 1 saturated carbocycles. The Bertz CT molecular complexity index is 1210. The highest BCUT2D eigenvalue weighted by atomic mass is 16.2. The number of aromatic amines is 1. The fourth-order valence-electron chi connectivity index (χ4n) is 4.94. The summed E-state index contributed by atoms with van der Waals surface area (Å²) in [5.74, 6) is 2.37. The number of benzene rings is 1. The number of aromatic nitrogens is 4.